The molecule has 6 nitrogen and oxygen atoms in total. The molecule has 0 saturated carbocycles. The molecule has 1 aliphatic heterocycles. The summed E-state index contributed by atoms with van der Waals surface area (Å²) in [5.41, 5.74) is 3.37. The fraction of sp³-hybridized carbons (Fsp3) is 0.208. The Labute approximate surface area is 174 Å². The van der Waals surface area contributed by atoms with Crippen LogP contribution in [0.5, 0.6) is 0 Å². The van der Waals surface area contributed by atoms with Crippen molar-refractivity contribution >= 4 is 11.4 Å². The van der Waals surface area contributed by atoms with E-state index in [1.807, 2.05) is 76.3 Å². The first-order chi connectivity index (χ1) is 14.7. The highest BCUT2D eigenvalue weighted by Gasteiger charge is 2.26. The van der Waals surface area contributed by atoms with Crippen LogP contribution in [-0.4, -0.2) is 38.1 Å². The van der Waals surface area contributed by atoms with Crippen molar-refractivity contribution in [1.29, 1.82) is 0 Å². The third-order valence-electron chi connectivity index (χ3n) is 5.74. The number of carbonyl (C=O) groups excluding carboxylic acids is 1. The smallest absolute Gasteiger partial charge is 0.267 e. The number of hydrogen-bond acceptors (Lipinski definition) is 3. The molecule has 4 aromatic rings. The largest absolute Gasteiger partial charge is 0.338 e. The summed E-state index contributed by atoms with van der Waals surface area (Å²) in [4.78, 5) is 27.3. The van der Waals surface area contributed by atoms with Gasteiger partial charge in [0.25, 0.3) is 11.5 Å². The van der Waals surface area contributed by atoms with E-state index in [1.165, 1.54) is 0 Å². The van der Waals surface area contributed by atoms with Crippen LogP contribution < -0.4 is 5.56 Å². The molecule has 0 bridgehead atoms. The molecule has 30 heavy (non-hydrogen) atoms. The second kappa shape index (κ2) is 7.63. The monoisotopic (exact) mass is 398 g/mol. The molecule has 6 heteroatoms. The lowest BCUT2D eigenvalue weighted by molar-refractivity contribution is 0.0688. The summed E-state index contributed by atoms with van der Waals surface area (Å²) >= 11 is 0. The van der Waals surface area contributed by atoms with Crippen LogP contribution in [0.1, 0.15) is 29.2 Å². The Morgan fingerprint density at radius 1 is 0.933 bits per heavy atom. The number of benzene rings is 1. The van der Waals surface area contributed by atoms with Gasteiger partial charge < -0.3 is 9.30 Å². The molecule has 3 aromatic heterocycles. The summed E-state index contributed by atoms with van der Waals surface area (Å²) in [5, 5.41) is 4.62. The molecule has 1 aromatic carbocycles. The third kappa shape index (κ3) is 3.41. The lowest BCUT2D eigenvalue weighted by atomic mass is 10.0. The van der Waals surface area contributed by atoms with E-state index in [-0.39, 0.29) is 17.5 Å². The molecular formula is C24H22N4O2. The maximum Gasteiger partial charge on any atom is 0.267 e. The fourth-order valence-electron chi connectivity index (χ4n) is 4.12. The highest BCUT2D eigenvalue weighted by molar-refractivity contribution is 5.95. The van der Waals surface area contributed by atoms with Crippen LogP contribution in [-0.2, 0) is 0 Å². The van der Waals surface area contributed by atoms with Gasteiger partial charge in [0.05, 0.1) is 17.3 Å². The predicted molar refractivity (Wildman–Crippen MR) is 116 cm³/mol. The molecule has 0 spiro atoms. The standard InChI is InChI=1S/C24H22N4O2/c29-23-10-9-22(18-6-2-1-3-7-18)25-28(23)20-11-14-26(15-12-20)24(30)19-16-21-8-4-5-13-27(21)17-19/h1-10,13,16-17,20H,11-12,14-15H2. The van der Waals surface area contributed by atoms with Crippen LogP contribution in [0.3, 0.4) is 0 Å². The lowest BCUT2D eigenvalue weighted by Crippen LogP contribution is -2.41. The van der Waals surface area contributed by atoms with Crippen LogP contribution >= 0.6 is 0 Å². The van der Waals surface area contributed by atoms with E-state index in [4.69, 9.17) is 0 Å². The Kier molecular flexibility index (Phi) is 4.67. The van der Waals surface area contributed by atoms with Gasteiger partial charge in [0, 0.05) is 42.6 Å². The first kappa shape index (κ1) is 18.4. The SMILES string of the molecule is O=C(c1cc2ccccn2c1)N1CCC(n2nc(-c3ccccc3)ccc2=O)CC1. The van der Waals surface area contributed by atoms with E-state index in [0.29, 0.717) is 31.5 Å². The number of fused-ring (bicyclic) bond motifs is 1. The number of rotatable bonds is 3. The van der Waals surface area contributed by atoms with Crippen molar-refractivity contribution < 1.29 is 4.79 Å². The molecule has 0 atom stereocenters. The van der Waals surface area contributed by atoms with Gasteiger partial charge in [-0.1, -0.05) is 36.4 Å². The van der Waals surface area contributed by atoms with Crippen molar-refractivity contribution in [2.24, 2.45) is 0 Å². The molecule has 150 valence electrons. The number of hydrogen-bond donors (Lipinski definition) is 0. The van der Waals surface area contributed by atoms with Gasteiger partial charge in [-0.3, -0.25) is 9.59 Å². The number of aromatic nitrogens is 3. The van der Waals surface area contributed by atoms with Crippen molar-refractivity contribution in [3.05, 3.63) is 95.0 Å². The van der Waals surface area contributed by atoms with Gasteiger partial charge in [0.1, 0.15) is 0 Å². The Balaban J connectivity index is 1.32. The Bertz CT molecular complexity index is 1220. The summed E-state index contributed by atoms with van der Waals surface area (Å²) in [6.45, 7) is 1.22. The molecule has 4 heterocycles. The van der Waals surface area contributed by atoms with Gasteiger partial charge in [0.2, 0.25) is 0 Å². The minimum absolute atomic E-state index is 0.00155. The average Bonchev–Trinajstić information content (AvgIpc) is 3.24. The van der Waals surface area contributed by atoms with Gasteiger partial charge in [-0.25, -0.2) is 4.68 Å². The lowest BCUT2D eigenvalue weighted by Gasteiger charge is -2.32. The maximum absolute atomic E-state index is 12.9. The second-order valence-corrected chi connectivity index (χ2v) is 7.65. The van der Waals surface area contributed by atoms with E-state index in [9.17, 15) is 9.59 Å². The van der Waals surface area contributed by atoms with Gasteiger partial charge in [-0.15, -0.1) is 0 Å². The second-order valence-electron chi connectivity index (χ2n) is 7.65. The molecule has 0 aliphatic carbocycles. The highest BCUT2D eigenvalue weighted by atomic mass is 16.2. The van der Waals surface area contributed by atoms with Gasteiger partial charge >= 0.3 is 0 Å². The summed E-state index contributed by atoms with van der Waals surface area (Å²) in [7, 11) is 0. The zero-order valence-corrected chi connectivity index (χ0v) is 16.5. The van der Waals surface area contributed by atoms with Crippen LogP contribution in [0.4, 0.5) is 0 Å². The topological polar surface area (TPSA) is 59.6 Å². The summed E-state index contributed by atoms with van der Waals surface area (Å²) < 4.78 is 3.55. The van der Waals surface area contributed by atoms with Crippen molar-refractivity contribution in [1.82, 2.24) is 19.1 Å². The minimum atomic E-state index is -0.0989. The Hall–Kier alpha value is -3.67. The summed E-state index contributed by atoms with van der Waals surface area (Å²) in [5.74, 6) is 0.0375. The minimum Gasteiger partial charge on any atom is -0.338 e. The van der Waals surface area contributed by atoms with Gasteiger partial charge in [0.15, 0.2) is 0 Å². The molecular weight excluding hydrogens is 376 g/mol. The number of piperidine rings is 1. The molecule has 5 rings (SSSR count). The molecule has 0 unspecified atom stereocenters. The molecule has 0 radical (unpaired) electrons. The summed E-state index contributed by atoms with van der Waals surface area (Å²) in [6, 6.07) is 21.0. The molecule has 0 N–H and O–H groups in total. The van der Waals surface area contributed by atoms with Crippen LogP contribution in [0.15, 0.2) is 83.9 Å². The first-order valence-corrected chi connectivity index (χ1v) is 10.2. The summed E-state index contributed by atoms with van der Waals surface area (Å²) in [6.07, 6.45) is 5.24. The molecule has 1 amide bonds. The number of carbonyl (C=O) groups is 1. The van der Waals surface area contributed by atoms with E-state index < -0.39 is 0 Å². The number of amides is 1. The first-order valence-electron chi connectivity index (χ1n) is 10.2. The average molecular weight is 398 g/mol. The van der Waals surface area contributed by atoms with Crippen LogP contribution in [0.25, 0.3) is 16.8 Å². The van der Waals surface area contributed by atoms with Gasteiger partial charge in [-0.05, 0) is 37.1 Å². The normalized spacial score (nSPS) is 14.9. The Morgan fingerprint density at radius 2 is 1.70 bits per heavy atom. The number of likely N-dealkylation sites (tertiary alicyclic amines) is 1. The van der Waals surface area contributed by atoms with Gasteiger partial charge in [-0.2, -0.15) is 5.10 Å². The van der Waals surface area contributed by atoms with E-state index >= 15 is 0 Å². The highest BCUT2D eigenvalue weighted by Crippen LogP contribution is 2.24. The van der Waals surface area contributed by atoms with Crippen LogP contribution in [0.2, 0.25) is 0 Å². The van der Waals surface area contributed by atoms with E-state index in [2.05, 4.69) is 5.10 Å². The fourth-order valence-corrected chi connectivity index (χ4v) is 4.12. The Morgan fingerprint density at radius 3 is 2.47 bits per heavy atom. The van der Waals surface area contributed by atoms with Crippen molar-refractivity contribution in [3.8, 4) is 11.3 Å². The van der Waals surface area contributed by atoms with Crippen molar-refractivity contribution in [2.45, 2.75) is 18.9 Å². The zero-order valence-electron chi connectivity index (χ0n) is 16.5. The van der Waals surface area contributed by atoms with E-state index in [0.717, 1.165) is 16.8 Å². The number of pyridine rings is 1. The zero-order chi connectivity index (χ0) is 20.5. The predicted octanol–water partition coefficient (Wildman–Crippen LogP) is 3.64. The van der Waals surface area contributed by atoms with Crippen LogP contribution in [0, 0.1) is 0 Å². The molecule has 1 fully saturated rings. The third-order valence-corrected chi connectivity index (χ3v) is 5.74. The molecule has 1 aliphatic rings. The number of nitrogens with zero attached hydrogens (tertiary/aromatic N) is 4. The quantitative estimate of drug-likeness (QED) is 0.529. The van der Waals surface area contributed by atoms with E-state index in [1.54, 1.807) is 16.8 Å². The maximum atomic E-state index is 12.9. The molecule has 1 saturated heterocycles. The van der Waals surface area contributed by atoms with Crippen molar-refractivity contribution in [3.63, 3.8) is 0 Å². The van der Waals surface area contributed by atoms with Crippen molar-refractivity contribution in [2.75, 3.05) is 13.1 Å².